The molecule has 0 saturated carbocycles. The molecule has 178 valence electrons. The molecule has 0 bridgehead atoms. The molecular weight excluding hydrogens is 549 g/mol. The Kier molecular flexibility index (Phi) is 6.52. The summed E-state index contributed by atoms with van der Waals surface area (Å²) >= 11 is 20.2. The lowest BCUT2D eigenvalue weighted by Crippen LogP contribution is -2.45. The van der Waals surface area contributed by atoms with Gasteiger partial charge < -0.3 is 4.74 Å². The highest BCUT2D eigenvalue weighted by molar-refractivity contribution is 7.86. The molecule has 11 heteroatoms. The van der Waals surface area contributed by atoms with Gasteiger partial charge in [0.25, 0.3) is 0 Å². The molecule has 2 N–H and O–H groups in total. The number of aromatic nitrogens is 1. The number of thiazole rings is 1. The van der Waals surface area contributed by atoms with Crippen molar-refractivity contribution in [2.75, 3.05) is 0 Å². The molecule has 0 saturated heterocycles. The molecule has 0 spiro atoms. The van der Waals surface area contributed by atoms with E-state index in [-0.39, 0.29) is 5.03 Å². The normalized spacial score (nSPS) is 16.2. The third-order valence-corrected chi connectivity index (χ3v) is 8.21. The highest BCUT2D eigenvalue weighted by Crippen LogP contribution is 2.39. The van der Waals surface area contributed by atoms with E-state index in [1.807, 2.05) is 36.4 Å². The van der Waals surface area contributed by atoms with Gasteiger partial charge in [0.05, 0.1) is 30.9 Å². The zero-order valence-corrected chi connectivity index (χ0v) is 21.6. The van der Waals surface area contributed by atoms with Crippen LogP contribution in [-0.2, 0) is 10.2 Å². The molecular formula is C24H16Cl3N3O3S2. The van der Waals surface area contributed by atoms with Gasteiger partial charge in [0.1, 0.15) is 10.8 Å². The molecule has 4 aromatic rings. The predicted octanol–water partition coefficient (Wildman–Crippen LogP) is 6.66. The molecule has 5 rings (SSSR count). The average molecular weight is 565 g/mol. The van der Waals surface area contributed by atoms with E-state index in [2.05, 4.69) is 4.98 Å². The Labute approximate surface area is 221 Å². The fourth-order valence-electron chi connectivity index (χ4n) is 3.59. The number of allylic oxidation sites excluding steroid dienone is 2. The van der Waals surface area contributed by atoms with Crippen molar-refractivity contribution in [3.05, 3.63) is 99.6 Å². The molecule has 3 aromatic carbocycles. The Morgan fingerprint density at radius 2 is 1.71 bits per heavy atom. The average Bonchev–Trinajstić information content (AvgIpc) is 3.26. The van der Waals surface area contributed by atoms with Crippen molar-refractivity contribution < 1.29 is 13.2 Å². The topological polar surface area (TPSA) is 85.5 Å². The maximum atomic E-state index is 12.5. The number of hydrogen-bond donors (Lipinski definition) is 1. The quantitative estimate of drug-likeness (QED) is 0.294. The Hall–Kier alpha value is -2.59. The van der Waals surface area contributed by atoms with Crippen molar-refractivity contribution in [3.63, 3.8) is 0 Å². The molecule has 0 aliphatic carbocycles. The van der Waals surface area contributed by atoms with E-state index in [9.17, 15) is 8.42 Å². The van der Waals surface area contributed by atoms with Gasteiger partial charge in [-0.3, -0.25) is 0 Å². The van der Waals surface area contributed by atoms with Crippen molar-refractivity contribution in [2.45, 2.75) is 6.23 Å². The minimum atomic E-state index is -4.25. The number of ether oxygens (including phenoxy) is 1. The summed E-state index contributed by atoms with van der Waals surface area (Å²) in [6, 6.07) is 19.9. The second-order valence-corrected chi connectivity index (χ2v) is 11.3. The summed E-state index contributed by atoms with van der Waals surface area (Å²) in [7, 11) is -4.25. The molecule has 2 heterocycles. The monoisotopic (exact) mass is 563 g/mol. The van der Waals surface area contributed by atoms with E-state index < -0.39 is 16.4 Å². The zero-order chi connectivity index (χ0) is 24.7. The van der Waals surface area contributed by atoms with Gasteiger partial charge in [-0.05, 0) is 48.0 Å². The third kappa shape index (κ3) is 4.91. The number of fused-ring (bicyclic) bond motifs is 1. The number of halogens is 3. The third-order valence-electron chi connectivity index (χ3n) is 5.22. The first kappa shape index (κ1) is 24.1. The number of rotatable bonds is 5. The lowest BCUT2D eigenvalue weighted by atomic mass is 10.0. The van der Waals surface area contributed by atoms with Crippen LogP contribution in [0.2, 0.25) is 10.0 Å². The van der Waals surface area contributed by atoms with Gasteiger partial charge in [-0.25, -0.2) is 14.4 Å². The van der Waals surface area contributed by atoms with Gasteiger partial charge in [0, 0.05) is 11.8 Å². The first-order valence-electron chi connectivity index (χ1n) is 10.2. The molecule has 1 unspecified atom stereocenters. The van der Waals surface area contributed by atoms with Crippen LogP contribution in [0.3, 0.4) is 0 Å². The van der Waals surface area contributed by atoms with Crippen LogP contribution in [-0.4, -0.2) is 23.9 Å². The largest absolute Gasteiger partial charge is 0.464 e. The maximum Gasteiger partial charge on any atom is 0.301 e. The number of hydrogen-bond acceptors (Lipinski definition) is 5. The maximum absolute atomic E-state index is 12.5. The first-order chi connectivity index (χ1) is 16.7. The van der Waals surface area contributed by atoms with Crippen LogP contribution >= 0.6 is 46.1 Å². The van der Waals surface area contributed by atoms with Crippen molar-refractivity contribution in [2.24, 2.45) is 5.14 Å². The summed E-state index contributed by atoms with van der Waals surface area (Å²) in [6.07, 6.45) is 1.74. The highest BCUT2D eigenvalue weighted by Gasteiger charge is 2.33. The molecule has 1 aliphatic rings. The molecule has 0 fully saturated rings. The second kappa shape index (κ2) is 9.46. The summed E-state index contributed by atoms with van der Waals surface area (Å²) in [6.45, 7) is 0. The summed E-state index contributed by atoms with van der Waals surface area (Å²) in [4.78, 5) is 4.69. The molecule has 1 aromatic heterocycles. The van der Waals surface area contributed by atoms with Crippen LogP contribution in [0, 0.1) is 0 Å². The van der Waals surface area contributed by atoms with Gasteiger partial charge in [-0.1, -0.05) is 65.1 Å². The number of benzene rings is 3. The van der Waals surface area contributed by atoms with Crippen LogP contribution in [0.4, 0.5) is 0 Å². The van der Waals surface area contributed by atoms with Gasteiger partial charge in [0.15, 0.2) is 0 Å². The molecule has 1 aliphatic heterocycles. The number of nitrogens with zero attached hydrogens (tertiary/aromatic N) is 2. The Morgan fingerprint density at radius 3 is 2.46 bits per heavy atom. The van der Waals surface area contributed by atoms with E-state index in [1.54, 1.807) is 36.4 Å². The lowest BCUT2D eigenvalue weighted by Gasteiger charge is -2.32. The molecule has 1 atom stereocenters. The van der Waals surface area contributed by atoms with Crippen LogP contribution < -0.4 is 9.88 Å². The SMILES string of the molecule is NS(=O)(=O)N1C=C(c2ccc(Cl)c(Cl)c2)C=C(Cl)C1Oc1ccccc1-c1nc2ccccc2s1. The molecule has 0 radical (unpaired) electrons. The van der Waals surface area contributed by atoms with Gasteiger partial charge >= 0.3 is 10.2 Å². The van der Waals surface area contributed by atoms with Crippen LogP contribution in [0.25, 0.3) is 26.4 Å². The Morgan fingerprint density at radius 1 is 0.971 bits per heavy atom. The van der Waals surface area contributed by atoms with Crippen molar-refractivity contribution in [1.82, 2.24) is 9.29 Å². The van der Waals surface area contributed by atoms with E-state index in [0.717, 1.165) is 19.5 Å². The minimum Gasteiger partial charge on any atom is -0.464 e. The summed E-state index contributed by atoms with van der Waals surface area (Å²) in [5, 5.41) is 7.07. The fourth-order valence-corrected chi connectivity index (χ4v) is 5.89. The molecule has 6 nitrogen and oxygen atoms in total. The lowest BCUT2D eigenvalue weighted by molar-refractivity contribution is 0.156. The Balaban J connectivity index is 1.54. The van der Waals surface area contributed by atoms with Crippen molar-refractivity contribution in [3.8, 4) is 16.3 Å². The smallest absolute Gasteiger partial charge is 0.301 e. The van der Waals surface area contributed by atoms with Crippen LogP contribution in [0.1, 0.15) is 5.56 Å². The van der Waals surface area contributed by atoms with E-state index in [0.29, 0.717) is 32.5 Å². The standard InChI is InChI=1S/C24H16Cl3N3O3S2/c25-17-10-9-14(11-18(17)26)15-12-19(27)24(30(13-15)35(28,31)32)33-21-7-3-1-5-16(21)23-29-20-6-2-4-8-22(20)34-23/h1-13,24H,(H2,28,31,32). The van der Waals surface area contributed by atoms with Gasteiger partial charge in [-0.15, -0.1) is 11.3 Å². The number of nitrogens with two attached hydrogens (primary N) is 1. The van der Waals surface area contributed by atoms with Crippen LogP contribution in [0.5, 0.6) is 5.75 Å². The van der Waals surface area contributed by atoms with Crippen molar-refractivity contribution in [1.29, 1.82) is 0 Å². The summed E-state index contributed by atoms with van der Waals surface area (Å²) in [5.41, 5.74) is 2.64. The molecule has 35 heavy (non-hydrogen) atoms. The summed E-state index contributed by atoms with van der Waals surface area (Å²) in [5.74, 6) is 0.406. The van der Waals surface area contributed by atoms with E-state index in [4.69, 9.17) is 44.7 Å². The number of para-hydroxylation sites is 2. The first-order valence-corrected chi connectivity index (χ1v) is 13.6. The highest BCUT2D eigenvalue weighted by atomic mass is 35.5. The fraction of sp³-hybridized carbons (Fsp3) is 0.0417. The predicted molar refractivity (Wildman–Crippen MR) is 143 cm³/mol. The Bertz CT molecular complexity index is 1580. The molecule has 0 amide bonds. The summed E-state index contributed by atoms with van der Waals surface area (Å²) < 4.78 is 33.1. The zero-order valence-electron chi connectivity index (χ0n) is 17.7. The second-order valence-electron chi connectivity index (χ2n) is 7.57. The minimum absolute atomic E-state index is 0.113. The van der Waals surface area contributed by atoms with Gasteiger partial charge in [-0.2, -0.15) is 8.42 Å². The van der Waals surface area contributed by atoms with Gasteiger partial charge in [0.2, 0.25) is 6.23 Å². The van der Waals surface area contributed by atoms with Crippen LogP contribution in [0.15, 0.2) is 84.0 Å². The van der Waals surface area contributed by atoms with E-state index in [1.165, 1.54) is 17.5 Å². The van der Waals surface area contributed by atoms with Crippen molar-refractivity contribution >= 4 is 72.1 Å². The van der Waals surface area contributed by atoms with E-state index >= 15 is 0 Å².